The van der Waals surface area contributed by atoms with Crippen LogP contribution >= 0.6 is 0 Å². The molecule has 1 aromatic carbocycles. The highest BCUT2D eigenvalue weighted by atomic mass is 16.5. The molecule has 19 heavy (non-hydrogen) atoms. The molecule has 0 saturated heterocycles. The molecule has 0 aliphatic heterocycles. The summed E-state index contributed by atoms with van der Waals surface area (Å²) in [6.07, 6.45) is -0.783. The fourth-order valence-corrected chi connectivity index (χ4v) is 1.61. The van der Waals surface area contributed by atoms with Gasteiger partial charge in [0.15, 0.2) is 0 Å². The van der Waals surface area contributed by atoms with Gasteiger partial charge < -0.3 is 14.8 Å². The first-order chi connectivity index (χ1) is 9.08. The lowest BCUT2D eigenvalue weighted by Crippen LogP contribution is -2.32. The summed E-state index contributed by atoms with van der Waals surface area (Å²) < 4.78 is 10.4. The van der Waals surface area contributed by atoms with Crippen LogP contribution in [-0.2, 0) is 14.3 Å². The Morgan fingerprint density at radius 3 is 2.74 bits per heavy atom. The van der Waals surface area contributed by atoms with Crippen LogP contribution in [0, 0.1) is 11.3 Å². The van der Waals surface area contributed by atoms with Crippen molar-refractivity contribution in [3.8, 4) is 6.07 Å². The molecule has 0 aliphatic rings. The molecule has 102 valence electrons. The normalized spacial score (nSPS) is 13.4. The highest BCUT2D eigenvalue weighted by molar-refractivity contribution is 5.95. The summed E-state index contributed by atoms with van der Waals surface area (Å²) in [6, 6.07) is 8.86. The zero-order chi connectivity index (χ0) is 14.3. The minimum Gasteiger partial charge on any atom is -0.382 e. The van der Waals surface area contributed by atoms with E-state index in [1.54, 1.807) is 38.3 Å². The summed E-state index contributed by atoms with van der Waals surface area (Å²) in [6.45, 7) is 3.92. The molecular formula is C14H18N2O3. The first-order valence-electron chi connectivity index (χ1n) is 6.03. The van der Waals surface area contributed by atoms with E-state index in [-0.39, 0.29) is 12.0 Å². The van der Waals surface area contributed by atoms with Crippen LogP contribution in [0.1, 0.15) is 19.4 Å². The summed E-state index contributed by atoms with van der Waals surface area (Å²) in [5.41, 5.74) is 0.915. The first kappa shape index (κ1) is 15.2. The van der Waals surface area contributed by atoms with Crippen molar-refractivity contribution < 1.29 is 14.3 Å². The first-order valence-corrected chi connectivity index (χ1v) is 6.03. The second kappa shape index (κ2) is 7.52. The van der Waals surface area contributed by atoms with Gasteiger partial charge in [-0.15, -0.1) is 0 Å². The molecule has 0 aromatic heterocycles. The Hall–Kier alpha value is -1.90. The number of nitrogens with zero attached hydrogens (tertiary/aromatic N) is 1. The number of anilines is 1. The summed E-state index contributed by atoms with van der Waals surface area (Å²) in [5.74, 6) is -0.286. The number of nitriles is 1. The molecule has 0 spiro atoms. The molecule has 0 radical (unpaired) electrons. The number of methoxy groups -OCH3 is 1. The Balaban J connectivity index is 2.62. The van der Waals surface area contributed by atoms with E-state index >= 15 is 0 Å². The molecule has 5 heteroatoms. The number of nitrogens with one attached hydrogen (secondary N) is 1. The quantitative estimate of drug-likeness (QED) is 0.850. The second-order valence-corrected chi connectivity index (χ2v) is 4.19. The van der Waals surface area contributed by atoms with Crippen molar-refractivity contribution in [2.75, 3.05) is 19.0 Å². The number of hydrogen-bond acceptors (Lipinski definition) is 4. The van der Waals surface area contributed by atoms with Gasteiger partial charge in [0, 0.05) is 7.11 Å². The third kappa shape index (κ3) is 4.70. The monoisotopic (exact) mass is 262 g/mol. The zero-order valence-corrected chi connectivity index (χ0v) is 11.3. The van der Waals surface area contributed by atoms with Gasteiger partial charge in [0.1, 0.15) is 12.2 Å². The average Bonchev–Trinajstić information content (AvgIpc) is 2.39. The molecule has 0 aliphatic carbocycles. The van der Waals surface area contributed by atoms with Crippen LogP contribution < -0.4 is 5.32 Å². The van der Waals surface area contributed by atoms with Crippen molar-refractivity contribution in [2.24, 2.45) is 0 Å². The molecule has 1 aromatic rings. The third-order valence-corrected chi connectivity index (χ3v) is 2.51. The second-order valence-electron chi connectivity index (χ2n) is 4.19. The summed E-state index contributed by atoms with van der Waals surface area (Å²) in [5, 5.41) is 11.6. The van der Waals surface area contributed by atoms with Gasteiger partial charge in [-0.05, 0) is 26.0 Å². The molecule has 1 N–H and O–H groups in total. The fourth-order valence-electron chi connectivity index (χ4n) is 1.61. The van der Waals surface area contributed by atoms with Gasteiger partial charge in [-0.3, -0.25) is 4.79 Å². The van der Waals surface area contributed by atoms with Crippen LogP contribution in [0.3, 0.4) is 0 Å². The van der Waals surface area contributed by atoms with Crippen LogP contribution in [0.25, 0.3) is 0 Å². The summed E-state index contributed by atoms with van der Waals surface area (Å²) in [7, 11) is 1.58. The largest absolute Gasteiger partial charge is 0.382 e. The lowest BCUT2D eigenvalue weighted by atomic mass is 10.2. The van der Waals surface area contributed by atoms with Gasteiger partial charge in [-0.1, -0.05) is 12.1 Å². The fraction of sp³-hybridized carbons (Fsp3) is 0.429. The maximum atomic E-state index is 11.9. The number of benzene rings is 1. The van der Waals surface area contributed by atoms with Crippen molar-refractivity contribution >= 4 is 11.6 Å². The molecule has 0 bridgehead atoms. The Labute approximate surface area is 113 Å². The van der Waals surface area contributed by atoms with Crippen LogP contribution in [0.5, 0.6) is 0 Å². The number of rotatable bonds is 6. The Morgan fingerprint density at radius 2 is 2.11 bits per heavy atom. The van der Waals surface area contributed by atoms with Crippen LogP contribution in [0.4, 0.5) is 5.69 Å². The van der Waals surface area contributed by atoms with Crippen molar-refractivity contribution in [2.45, 2.75) is 26.1 Å². The van der Waals surface area contributed by atoms with E-state index < -0.39 is 6.10 Å². The van der Waals surface area contributed by atoms with Crippen LogP contribution in [0.2, 0.25) is 0 Å². The van der Waals surface area contributed by atoms with E-state index in [2.05, 4.69) is 5.32 Å². The van der Waals surface area contributed by atoms with E-state index in [9.17, 15) is 4.79 Å². The minimum absolute atomic E-state index is 0.169. The number of amides is 1. The van der Waals surface area contributed by atoms with Crippen LogP contribution in [0.15, 0.2) is 24.3 Å². The van der Waals surface area contributed by atoms with Crippen LogP contribution in [-0.4, -0.2) is 31.8 Å². The molecular weight excluding hydrogens is 244 g/mol. The molecule has 1 amide bonds. The zero-order valence-electron chi connectivity index (χ0n) is 11.3. The Kier molecular flexibility index (Phi) is 6.00. The highest BCUT2D eigenvalue weighted by Gasteiger charge is 2.17. The number of hydrogen-bond donors (Lipinski definition) is 1. The van der Waals surface area contributed by atoms with Gasteiger partial charge in [0.05, 0.1) is 24.0 Å². The van der Waals surface area contributed by atoms with Crippen molar-refractivity contribution in [3.05, 3.63) is 29.8 Å². The predicted octanol–water partition coefficient (Wildman–Crippen LogP) is 1.94. The smallest absolute Gasteiger partial charge is 0.253 e. The molecule has 0 fully saturated rings. The molecule has 5 nitrogen and oxygen atoms in total. The SMILES string of the molecule is COCC(C)OC(C)C(=O)Nc1ccccc1C#N. The maximum Gasteiger partial charge on any atom is 0.253 e. The molecule has 0 heterocycles. The standard InChI is InChI=1S/C14H18N2O3/c1-10(9-18-3)19-11(2)14(17)16-13-7-5-4-6-12(13)8-15/h4-7,10-11H,9H2,1-3H3,(H,16,17). The number of carbonyl (C=O) groups is 1. The van der Waals surface area contributed by atoms with Gasteiger partial charge in [-0.25, -0.2) is 0 Å². The molecule has 2 atom stereocenters. The number of para-hydroxylation sites is 1. The van der Waals surface area contributed by atoms with Crippen molar-refractivity contribution in [1.82, 2.24) is 0 Å². The van der Waals surface area contributed by atoms with Gasteiger partial charge >= 0.3 is 0 Å². The Morgan fingerprint density at radius 1 is 1.42 bits per heavy atom. The molecule has 1 rings (SSSR count). The van der Waals surface area contributed by atoms with E-state index in [4.69, 9.17) is 14.7 Å². The van der Waals surface area contributed by atoms with Gasteiger partial charge in [0.2, 0.25) is 0 Å². The molecule has 2 unspecified atom stereocenters. The predicted molar refractivity (Wildman–Crippen MR) is 71.7 cm³/mol. The van der Waals surface area contributed by atoms with E-state index in [1.165, 1.54) is 0 Å². The lowest BCUT2D eigenvalue weighted by Gasteiger charge is -2.18. The van der Waals surface area contributed by atoms with E-state index in [1.807, 2.05) is 13.0 Å². The third-order valence-electron chi connectivity index (χ3n) is 2.51. The lowest BCUT2D eigenvalue weighted by molar-refractivity contribution is -0.131. The average molecular weight is 262 g/mol. The van der Waals surface area contributed by atoms with E-state index in [0.29, 0.717) is 17.9 Å². The van der Waals surface area contributed by atoms with Crippen molar-refractivity contribution in [3.63, 3.8) is 0 Å². The highest BCUT2D eigenvalue weighted by Crippen LogP contribution is 2.14. The number of carbonyl (C=O) groups excluding carboxylic acids is 1. The summed E-state index contributed by atoms with van der Waals surface area (Å²) >= 11 is 0. The minimum atomic E-state index is -0.614. The Bertz CT molecular complexity index is 468. The van der Waals surface area contributed by atoms with Gasteiger partial charge in [0.25, 0.3) is 5.91 Å². The van der Waals surface area contributed by atoms with E-state index in [0.717, 1.165) is 0 Å². The van der Waals surface area contributed by atoms with Gasteiger partial charge in [-0.2, -0.15) is 5.26 Å². The molecule has 0 saturated carbocycles. The topological polar surface area (TPSA) is 71.3 Å². The van der Waals surface area contributed by atoms with Crippen molar-refractivity contribution in [1.29, 1.82) is 5.26 Å². The summed E-state index contributed by atoms with van der Waals surface area (Å²) in [4.78, 5) is 11.9. The maximum absolute atomic E-state index is 11.9. The number of ether oxygens (including phenoxy) is 2.